The zero-order valence-corrected chi connectivity index (χ0v) is 18.2. The van der Waals surface area contributed by atoms with Crippen molar-refractivity contribution < 1.29 is 32.6 Å². The third kappa shape index (κ3) is 6.65. The lowest BCUT2D eigenvalue weighted by Gasteiger charge is -2.39. The zero-order chi connectivity index (χ0) is 23.4. The summed E-state index contributed by atoms with van der Waals surface area (Å²) in [5.74, 6) is -1.85. The molecule has 1 aromatic rings. The van der Waals surface area contributed by atoms with Crippen LogP contribution in [0.1, 0.15) is 42.6 Å². The van der Waals surface area contributed by atoms with Crippen molar-refractivity contribution in [3.8, 4) is 0 Å². The molecule has 0 radical (unpaired) electrons. The molecular formula is C22H30F3N3O4. The number of carbonyl (C=O) groups excluding carboxylic acids is 1. The SMILES string of the molecule is CN1CC2(CCN(C(=O)c3ccccn3)CC2)CC1COCC1CC1.O=C(O)C(F)(F)F. The van der Waals surface area contributed by atoms with Crippen LogP contribution in [0, 0.1) is 11.3 Å². The molecule has 7 nitrogen and oxygen atoms in total. The number of hydrogen-bond acceptors (Lipinski definition) is 5. The molecule has 2 aliphatic heterocycles. The third-order valence-corrected chi connectivity index (χ3v) is 6.48. The summed E-state index contributed by atoms with van der Waals surface area (Å²) in [6, 6.07) is 6.08. The second-order valence-corrected chi connectivity index (χ2v) is 9.06. The van der Waals surface area contributed by atoms with Crippen LogP contribution in [0.5, 0.6) is 0 Å². The number of carboxylic acids is 1. The van der Waals surface area contributed by atoms with Crippen LogP contribution in [0.3, 0.4) is 0 Å². The van der Waals surface area contributed by atoms with E-state index in [1.807, 2.05) is 23.1 Å². The Kier molecular flexibility index (Phi) is 7.76. The maximum absolute atomic E-state index is 12.6. The molecule has 32 heavy (non-hydrogen) atoms. The molecule has 0 aromatic carbocycles. The summed E-state index contributed by atoms with van der Waals surface area (Å²) in [6.07, 6.45) is 2.70. The Morgan fingerprint density at radius 3 is 2.41 bits per heavy atom. The lowest BCUT2D eigenvalue weighted by atomic mass is 9.76. The van der Waals surface area contributed by atoms with Gasteiger partial charge in [0.1, 0.15) is 5.69 Å². The Bertz CT molecular complexity index is 778. The van der Waals surface area contributed by atoms with Gasteiger partial charge in [-0.25, -0.2) is 4.79 Å². The van der Waals surface area contributed by atoms with Gasteiger partial charge >= 0.3 is 12.1 Å². The molecule has 1 unspecified atom stereocenters. The number of carboxylic acid groups (broad SMARTS) is 1. The van der Waals surface area contributed by atoms with E-state index in [2.05, 4.69) is 16.9 Å². The second-order valence-electron chi connectivity index (χ2n) is 9.06. The Hall–Kier alpha value is -2.20. The van der Waals surface area contributed by atoms with E-state index < -0.39 is 12.1 Å². The van der Waals surface area contributed by atoms with Crippen molar-refractivity contribution in [3.05, 3.63) is 30.1 Å². The van der Waals surface area contributed by atoms with Gasteiger partial charge in [0.25, 0.3) is 5.91 Å². The van der Waals surface area contributed by atoms with E-state index in [-0.39, 0.29) is 5.91 Å². The molecule has 178 valence electrons. The Labute approximate surface area is 185 Å². The number of likely N-dealkylation sites (tertiary alicyclic amines) is 2. The van der Waals surface area contributed by atoms with Gasteiger partial charge in [-0.1, -0.05) is 6.07 Å². The van der Waals surface area contributed by atoms with E-state index in [4.69, 9.17) is 14.6 Å². The fraction of sp³-hybridized carbons (Fsp3) is 0.682. The van der Waals surface area contributed by atoms with Crippen LogP contribution in [0.2, 0.25) is 0 Å². The summed E-state index contributed by atoms with van der Waals surface area (Å²) in [6.45, 7) is 4.64. The molecule has 3 fully saturated rings. The lowest BCUT2D eigenvalue weighted by Crippen LogP contribution is -2.44. The number of alkyl halides is 3. The Morgan fingerprint density at radius 2 is 1.88 bits per heavy atom. The van der Waals surface area contributed by atoms with Gasteiger partial charge in [-0.3, -0.25) is 9.78 Å². The second kappa shape index (κ2) is 10.2. The van der Waals surface area contributed by atoms with Gasteiger partial charge in [-0.2, -0.15) is 13.2 Å². The Morgan fingerprint density at radius 1 is 1.22 bits per heavy atom. The number of hydrogen-bond donors (Lipinski definition) is 1. The number of pyridine rings is 1. The van der Waals surface area contributed by atoms with Gasteiger partial charge in [0.2, 0.25) is 0 Å². The number of aromatic nitrogens is 1. The number of halogens is 3. The summed E-state index contributed by atoms with van der Waals surface area (Å²) in [5, 5.41) is 7.12. The molecule has 0 bridgehead atoms. The molecule has 1 spiro atoms. The number of carbonyl (C=O) groups is 2. The summed E-state index contributed by atoms with van der Waals surface area (Å²) in [7, 11) is 2.23. The highest BCUT2D eigenvalue weighted by molar-refractivity contribution is 5.92. The van der Waals surface area contributed by atoms with E-state index in [0.29, 0.717) is 17.2 Å². The van der Waals surface area contributed by atoms with Crippen LogP contribution in [0.25, 0.3) is 0 Å². The van der Waals surface area contributed by atoms with Crippen molar-refractivity contribution in [2.75, 3.05) is 39.9 Å². The first-order valence-corrected chi connectivity index (χ1v) is 10.9. The van der Waals surface area contributed by atoms with Gasteiger partial charge in [0.15, 0.2) is 0 Å². The number of piperidine rings is 1. The van der Waals surface area contributed by atoms with Crippen LogP contribution >= 0.6 is 0 Å². The lowest BCUT2D eigenvalue weighted by molar-refractivity contribution is -0.192. The first-order valence-electron chi connectivity index (χ1n) is 10.9. The molecular weight excluding hydrogens is 427 g/mol. The normalized spacial score (nSPS) is 23.0. The molecule has 1 aliphatic carbocycles. The number of aliphatic carboxylic acids is 1. The molecule has 1 saturated carbocycles. The number of rotatable bonds is 5. The van der Waals surface area contributed by atoms with Crippen LogP contribution < -0.4 is 0 Å². The first kappa shape index (κ1) is 24.4. The molecule has 3 heterocycles. The van der Waals surface area contributed by atoms with Crippen LogP contribution in [-0.2, 0) is 9.53 Å². The summed E-state index contributed by atoms with van der Waals surface area (Å²) in [4.78, 5) is 30.1. The molecule has 1 amide bonds. The van der Waals surface area contributed by atoms with Gasteiger partial charge < -0.3 is 19.6 Å². The standard InChI is InChI=1S/C20H29N3O2.C2HF3O2/c1-22-15-20(12-17(22)14-25-13-16-5-6-16)7-10-23(11-8-20)19(24)18-4-2-3-9-21-18;3-2(4,5)1(6)7/h2-4,9,16-17H,5-8,10-15H2,1H3;(H,6,7). The number of nitrogens with zero attached hydrogens (tertiary/aromatic N) is 3. The van der Waals surface area contributed by atoms with Crippen molar-refractivity contribution in [3.63, 3.8) is 0 Å². The topological polar surface area (TPSA) is 83.0 Å². The quantitative estimate of drug-likeness (QED) is 0.732. The molecule has 1 atom stereocenters. The minimum Gasteiger partial charge on any atom is -0.475 e. The number of likely N-dealkylation sites (N-methyl/N-ethyl adjacent to an activating group) is 1. The molecule has 2 saturated heterocycles. The highest BCUT2D eigenvalue weighted by Gasteiger charge is 2.45. The van der Waals surface area contributed by atoms with Crippen molar-refractivity contribution in [2.24, 2.45) is 11.3 Å². The van der Waals surface area contributed by atoms with Crippen molar-refractivity contribution in [2.45, 2.75) is 44.3 Å². The summed E-state index contributed by atoms with van der Waals surface area (Å²) < 4.78 is 37.7. The fourth-order valence-corrected chi connectivity index (χ4v) is 4.42. The van der Waals surface area contributed by atoms with Crippen molar-refractivity contribution >= 4 is 11.9 Å². The third-order valence-electron chi connectivity index (χ3n) is 6.48. The minimum absolute atomic E-state index is 0.0751. The van der Waals surface area contributed by atoms with Gasteiger partial charge in [-0.05, 0) is 62.6 Å². The first-order chi connectivity index (χ1) is 15.1. The molecule has 1 N–H and O–H groups in total. The molecule has 1 aromatic heterocycles. The summed E-state index contributed by atoms with van der Waals surface area (Å²) >= 11 is 0. The Balaban J connectivity index is 0.000000360. The maximum Gasteiger partial charge on any atom is 0.490 e. The van der Waals surface area contributed by atoms with Gasteiger partial charge in [0, 0.05) is 38.5 Å². The van der Waals surface area contributed by atoms with Crippen molar-refractivity contribution in [1.82, 2.24) is 14.8 Å². The van der Waals surface area contributed by atoms with Crippen LogP contribution in [-0.4, -0.2) is 83.9 Å². The largest absolute Gasteiger partial charge is 0.490 e. The van der Waals surface area contributed by atoms with Crippen LogP contribution in [0.15, 0.2) is 24.4 Å². The van der Waals surface area contributed by atoms with E-state index in [9.17, 15) is 18.0 Å². The number of amides is 1. The van der Waals surface area contributed by atoms with E-state index >= 15 is 0 Å². The van der Waals surface area contributed by atoms with E-state index in [0.717, 1.165) is 51.6 Å². The average Bonchev–Trinajstić information content (AvgIpc) is 3.53. The van der Waals surface area contributed by atoms with E-state index in [1.165, 1.54) is 19.3 Å². The molecule has 4 rings (SSSR count). The van der Waals surface area contributed by atoms with Gasteiger partial charge in [0.05, 0.1) is 6.61 Å². The predicted octanol–water partition coefficient (Wildman–Crippen LogP) is 3.07. The summed E-state index contributed by atoms with van der Waals surface area (Å²) in [5.41, 5.74) is 0.928. The monoisotopic (exact) mass is 457 g/mol. The maximum atomic E-state index is 12.6. The average molecular weight is 457 g/mol. The highest BCUT2D eigenvalue weighted by Crippen LogP contribution is 2.43. The number of ether oxygens (including phenoxy) is 1. The molecule has 3 aliphatic rings. The van der Waals surface area contributed by atoms with E-state index in [1.54, 1.807) is 6.20 Å². The minimum atomic E-state index is -5.08. The smallest absolute Gasteiger partial charge is 0.475 e. The molecule has 10 heteroatoms. The fourth-order valence-electron chi connectivity index (χ4n) is 4.42. The van der Waals surface area contributed by atoms with Crippen LogP contribution in [0.4, 0.5) is 13.2 Å². The van der Waals surface area contributed by atoms with Crippen molar-refractivity contribution in [1.29, 1.82) is 0 Å². The zero-order valence-electron chi connectivity index (χ0n) is 18.2. The highest BCUT2D eigenvalue weighted by atomic mass is 19.4. The van der Waals surface area contributed by atoms with Gasteiger partial charge in [-0.15, -0.1) is 0 Å². The predicted molar refractivity (Wildman–Crippen MR) is 110 cm³/mol.